The van der Waals surface area contributed by atoms with E-state index in [1.165, 1.54) is 6.07 Å². The number of alkyl carbamates (subject to hydrolysis) is 1. The van der Waals surface area contributed by atoms with E-state index in [4.69, 9.17) is 10.5 Å². The van der Waals surface area contributed by atoms with Gasteiger partial charge < -0.3 is 37.1 Å². The van der Waals surface area contributed by atoms with Gasteiger partial charge in [-0.25, -0.2) is 9.59 Å². The number of nitrogens with one attached hydrogen (secondary N) is 5. The van der Waals surface area contributed by atoms with Gasteiger partial charge in [0.25, 0.3) is 5.69 Å². The van der Waals surface area contributed by atoms with E-state index >= 15 is 0 Å². The summed E-state index contributed by atoms with van der Waals surface area (Å²) in [6, 6.07) is 5.14. The molecule has 2 heterocycles. The highest BCUT2D eigenvalue weighted by Crippen LogP contribution is 2.33. The number of rotatable bonds is 19. The number of nitro groups is 1. The maximum absolute atomic E-state index is 12.6. The Morgan fingerprint density at radius 2 is 1.81 bits per heavy atom. The minimum absolute atomic E-state index is 0.0472. The SMILES string of the molecule is CC(CC(=O)NCCN)c1cc(CN(CCNC(=O)CCCCC2SCC3NC(=O)NC32)CCNC(=O)OC(C)(C)C)ccc1[N+](=O)[O-]. The third-order valence-corrected chi connectivity index (χ3v) is 9.62. The summed E-state index contributed by atoms with van der Waals surface area (Å²) in [5, 5.41) is 26.6. The third kappa shape index (κ3) is 13.1. The van der Waals surface area contributed by atoms with Crippen molar-refractivity contribution in [1.29, 1.82) is 0 Å². The monoisotopic (exact) mass is 692 g/mol. The molecule has 5 amide bonds. The fraction of sp³-hybridized carbons (Fsp3) is 0.688. The predicted octanol–water partition coefficient (Wildman–Crippen LogP) is 2.33. The van der Waals surface area contributed by atoms with Gasteiger partial charge in [-0.3, -0.25) is 24.6 Å². The summed E-state index contributed by atoms with van der Waals surface area (Å²) >= 11 is 1.86. The van der Waals surface area contributed by atoms with Crippen molar-refractivity contribution in [2.24, 2.45) is 5.73 Å². The molecular weight excluding hydrogens is 640 g/mol. The van der Waals surface area contributed by atoms with Gasteiger partial charge in [0.2, 0.25) is 11.8 Å². The number of unbranched alkanes of at least 4 members (excludes halogenated alkanes) is 1. The molecule has 0 bridgehead atoms. The Kier molecular flexibility index (Phi) is 15.2. The van der Waals surface area contributed by atoms with Crippen LogP contribution in [-0.2, 0) is 20.9 Å². The van der Waals surface area contributed by atoms with E-state index in [-0.39, 0.29) is 48.6 Å². The van der Waals surface area contributed by atoms with E-state index in [1.54, 1.807) is 39.8 Å². The number of hydrogen-bond donors (Lipinski definition) is 6. The van der Waals surface area contributed by atoms with Crippen molar-refractivity contribution in [2.45, 2.75) is 95.2 Å². The first-order valence-corrected chi connectivity index (χ1v) is 17.7. The molecule has 0 aliphatic carbocycles. The van der Waals surface area contributed by atoms with E-state index < -0.39 is 22.5 Å². The molecule has 4 unspecified atom stereocenters. The molecule has 0 radical (unpaired) electrons. The molecule has 268 valence electrons. The molecule has 0 spiro atoms. The topological polar surface area (TPSA) is 210 Å². The van der Waals surface area contributed by atoms with Gasteiger partial charge in [0.1, 0.15) is 5.60 Å². The van der Waals surface area contributed by atoms with E-state index in [0.29, 0.717) is 56.5 Å². The van der Waals surface area contributed by atoms with Crippen LogP contribution in [0.25, 0.3) is 0 Å². The smallest absolute Gasteiger partial charge is 0.407 e. The first-order chi connectivity index (χ1) is 22.8. The lowest BCUT2D eigenvalue weighted by Crippen LogP contribution is -2.40. The summed E-state index contributed by atoms with van der Waals surface area (Å²) in [6.07, 6.45) is 2.52. The molecule has 0 saturated carbocycles. The van der Waals surface area contributed by atoms with Crippen LogP contribution in [0.4, 0.5) is 15.3 Å². The largest absolute Gasteiger partial charge is 0.444 e. The molecule has 7 N–H and O–H groups in total. The van der Waals surface area contributed by atoms with Crippen LogP contribution in [0, 0.1) is 10.1 Å². The lowest BCUT2D eigenvalue weighted by molar-refractivity contribution is -0.385. The number of nitrogens with two attached hydrogens (primary N) is 1. The lowest BCUT2D eigenvalue weighted by Gasteiger charge is -2.24. The van der Waals surface area contributed by atoms with Gasteiger partial charge in [-0.05, 0) is 51.2 Å². The van der Waals surface area contributed by atoms with Gasteiger partial charge in [-0.15, -0.1) is 0 Å². The van der Waals surface area contributed by atoms with Crippen molar-refractivity contribution >= 4 is 41.4 Å². The number of carbonyl (C=O) groups is 4. The van der Waals surface area contributed by atoms with Gasteiger partial charge >= 0.3 is 12.1 Å². The molecule has 1 aromatic carbocycles. The standard InChI is InChI=1S/C32H52N8O7S/c1-21(17-28(42)34-12-11-33)23-18-22(9-10-25(23)40(45)46)19-39(16-14-36-31(44)47-32(2,3)4)15-13-35-27(41)8-6-5-7-26-29-24(20-48-26)37-30(43)38-29/h9-10,18,21,24,26,29H,5-8,11-17,19-20,33H2,1-4H3,(H,34,42)(H,35,41)(H,36,44)(H2,37,38,43). The van der Waals surface area contributed by atoms with Crippen LogP contribution in [0.3, 0.4) is 0 Å². The number of fused-ring (bicyclic) bond motifs is 1. The van der Waals surface area contributed by atoms with Crippen LogP contribution in [0.2, 0.25) is 0 Å². The van der Waals surface area contributed by atoms with Crippen LogP contribution in [0.15, 0.2) is 18.2 Å². The number of benzene rings is 1. The fourth-order valence-corrected chi connectivity index (χ4v) is 7.35. The van der Waals surface area contributed by atoms with Crippen LogP contribution in [-0.4, -0.2) is 102 Å². The Balaban J connectivity index is 1.55. The number of amides is 5. The zero-order valence-electron chi connectivity index (χ0n) is 28.5. The average Bonchev–Trinajstić information content (AvgIpc) is 3.56. The second kappa shape index (κ2) is 18.8. The van der Waals surface area contributed by atoms with Crippen molar-refractivity contribution < 1.29 is 28.8 Å². The number of ether oxygens (including phenoxy) is 1. The van der Waals surface area contributed by atoms with Crippen molar-refractivity contribution in [3.8, 4) is 0 Å². The van der Waals surface area contributed by atoms with Gasteiger partial charge in [0.05, 0.1) is 17.0 Å². The van der Waals surface area contributed by atoms with Crippen molar-refractivity contribution in [3.63, 3.8) is 0 Å². The van der Waals surface area contributed by atoms with Crippen LogP contribution >= 0.6 is 11.8 Å². The summed E-state index contributed by atoms with van der Waals surface area (Å²) in [5.74, 6) is 0.218. The summed E-state index contributed by atoms with van der Waals surface area (Å²) in [6.45, 7) is 9.73. The zero-order chi connectivity index (χ0) is 35.3. The van der Waals surface area contributed by atoms with E-state index in [1.807, 2.05) is 16.7 Å². The summed E-state index contributed by atoms with van der Waals surface area (Å²) in [5.41, 5.74) is 6.03. The van der Waals surface area contributed by atoms with E-state index in [0.717, 1.165) is 30.6 Å². The summed E-state index contributed by atoms with van der Waals surface area (Å²) in [7, 11) is 0. The lowest BCUT2D eigenvalue weighted by atomic mass is 9.93. The van der Waals surface area contributed by atoms with Gasteiger partial charge in [0, 0.05) is 81.3 Å². The number of hydrogen-bond acceptors (Lipinski definition) is 10. The molecule has 0 aromatic heterocycles. The maximum Gasteiger partial charge on any atom is 0.407 e. The maximum atomic E-state index is 12.6. The van der Waals surface area contributed by atoms with Crippen molar-refractivity contribution in [2.75, 3.05) is 45.0 Å². The molecule has 4 atom stereocenters. The van der Waals surface area contributed by atoms with Crippen molar-refractivity contribution in [3.05, 3.63) is 39.4 Å². The fourth-order valence-electron chi connectivity index (χ4n) is 5.81. The molecule has 15 nitrogen and oxygen atoms in total. The number of thioether (sulfide) groups is 1. The Bertz CT molecular complexity index is 1280. The van der Waals surface area contributed by atoms with Gasteiger partial charge in [-0.1, -0.05) is 19.4 Å². The molecule has 16 heteroatoms. The summed E-state index contributed by atoms with van der Waals surface area (Å²) < 4.78 is 5.34. The van der Waals surface area contributed by atoms with Crippen LogP contribution in [0.5, 0.6) is 0 Å². The third-order valence-electron chi connectivity index (χ3n) is 8.11. The number of urea groups is 1. The highest BCUT2D eigenvalue weighted by Gasteiger charge is 2.42. The number of nitro benzene ring substituents is 1. The Labute approximate surface area is 286 Å². The normalized spacial score (nSPS) is 19.2. The summed E-state index contributed by atoms with van der Waals surface area (Å²) in [4.78, 5) is 62.2. The first-order valence-electron chi connectivity index (χ1n) is 16.6. The minimum Gasteiger partial charge on any atom is -0.444 e. The molecule has 2 saturated heterocycles. The molecule has 1 aromatic rings. The van der Waals surface area contributed by atoms with Crippen LogP contribution < -0.4 is 32.3 Å². The zero-order valence-corrected chi connectivity index (χ0v) is 29.3. The molecular formula is C32H52N8O7S. The highest BCUT2D eigenvalue weighted by molar-refractivity contribution is 8.00. The highest BCUT2D eigenvalue weighted by atomic mass is 32.2. The van der Waals surface area contributed by atoms with Gasteiger partial charge in [0.15, 0.2) is 0 Å². The number of carbonyl (C=O) groups excluding carboxylic acids is 4. The second-order valence-corrected chi connectivity index (χ2v) is 14.6. The van der Waals surface area contributed by atoms with E-state index in [2.05, 4.69) is 26.6 Å². The predicted molar refractivity (Wildman–Crippen MR) is 185 cm³/mol. The molecule has 3 rings (SSSR count). The first kappa shape index (κ1) is 38.8. The number of nitrogens with zero attached hydrogens (tertiary/aromatic N) is 2. The Hall–Kier alpha value is -3.63. The quantitative estimate of drug-likeness (QED) is 0.0539. The molecule has 48 heavy (non-hydrogen) atoms. The Morgan fingerprint density at radius 3 is 2.50 bits per heavy atom. The van der Waals surface area contributed by atoms with Crippen LogP contribution in [0.1, 0.15) is 76.8 Å². The second-order valence-electron chi connectivity index (χ2n) is 13.3. The van der Waals surface area contributed by atoms with Gasteiger partial charge in [-0.2, -0.15) is 11.8 Å². The minimum atomic E-state index is -0.636. The molecule has 2 aliphatic rings. The Morgan fingerprint density at radius 1 is 1.10 bits per heavy atom. The molecule has 2 fully saturated rings. The molecule has 2 aliphatic heterocycles. The average molecular weight is 693 g/mol. The van der Waals surface area contributed by atoms with Crippen molar-refractivity contribution in [1.82, 2.24) is 31.5 Å². The van der Waals surface area contributed by atoms with E-state index in [9.17, 15) is 29.3 Å².